The Labute approximate surface area is 85.7 Å². The van der Waals surface area contributed by atoms with E-state index in [4.69, 9.17) is 0 Å². The van der Waals surface area contributed by atoms with Crippen LogP contribution in [0.25, 0.3) is 0 Å². The highest BCUT2D eigenvalue weighted by Crippen LogP contribution is 2.20. The molecule has 0 aromatic heterocycles. The van der Waals surface area contributed by atoms with Gasteiger partial charge < -0.3 is 25.4 Å². The van der Waals surface area contributed by atoms with Gasteiger partial charge in [0.2, 0.25) is 5.91 Å². The second kappa shape index (κ2) is 4.84. The first-order valence-electron chi connectivity index (χ1n) is 4.50. The van der Waals surface area contributed by atoms with Gasteiger partial charge >= 0.3 is 0 Å². The first-order chi connectivity index (χ1) is 6.97. The first-order valence-corrected chi connectivity index (χ1v) is 4.50. The summed E-state index contributed by atoms with van der Waals surface area (Å²) in [5.74, 6) is -0.493. The van der Waals surface area contributed by atoms with Crippen molar-refractivity contribution >= 4 is 5.91 Å². The van der Waals surface area contributed by atoms with Gasteiger partial charge in [-0.3, -0.25) is 4.79 Å². The van der Waals surface area contributed by atoms with Crippen LogP contribution < -0.4 is 5.32 Å². The lowest BCUT2D eigenvalue weighted by molar-refractivity contribution is -0.249. The first kappa shape index (κ1) is 12.3. The van der Waals surface area contributed by atoms with Gasteiger partial charge in [0.1, 0.15) is 31.0 Å². The summed E-state index contributed by atoms with van der Waals surface area (Å²) < 4.78 is 17.0. The maximum absolute atomic E-state index is 12.3. The molecule has 4 unspecified atom stereocenters. The molecule has 0 saturated carbocycles. The Kier molecular flexibility index (Phi) is 3.97. The molecule has 6 nitrogen and oxygen atoms in total. The molecule has 1 amide bonds. The van der Waals surface area contributed by atoms with E-state index in [0.29, 0.717) is 0 Å². The highest BCUT2D eigenvalue weighted by atomic mass is 19.1. The molecule has 0 aromatic rings. The van der Waals surface area contributed by atoms with Crippen LogP contribution in [0, 0.1) is 0 Å². The van der Waals surface area contributed by atoms with E-state index in [1.54, 1.807) is 0 Å². The molecule has 1 heterocycles. The number of amides is 1. The van der Waals surface area contributed by atoms with Crippen LogP contribution in [0.2, 0.25) is 0 Å². The van der Waals surface area contributed by atoms with Crippen molar-refractivity contribution in [1.29, 1.82) is 0 Å². The van der Waals surface area contributed by atoms with Crippen molar-refractivity contribution < 1.29 is 29.2 Å². The highest BCUT2D eigenvalue weighted by molar-refractivity contribution is 5.73. The third kappa shape index (κ3) is 2.63. The van der Waals surface area contributed by atoms with E-state index < -0.39 is 43.2 Å². The van der Waals surface area contributed by atoms with Gasteiger partial charge in [-0.05, 0) is 0 Å². The summed E-state index contributed by atoms with van der Waals surface area (Å²) in [4.78, 5) is 10.7. The van der Waals surface area contributed by atoms with Crippen LogP contribution in [-0.2, 0) is 9.53 Å². The molecule has 5 atom stereocenters. The fourth-order valence-electron chi connectivity index (χ4n) is 1.46. The van der Waals surface area contributed by atoms with Crippen LogP contribution in [-0.4, -0.2) is 58.5 Å². The van der Waals surface area contributed by atoms with Crippen LogP contribution in [0.1, 0.15) is 6.92 Å². The second-order valence-electron chi connectivity index (χ2n) is 3.43. The van der Waals surface area contributed by atoms with Crippen molar-refractivity contribution in [2.45, 2.75) is 37.6 Å². The van der Waals surface area contributed by atoms with Gasteiger partial charge in [0.05, 0.1) is 0 Å². The molecule has 1 saturated heterocycles. The Morgan fingerprint density at radius 2 is 2.00 bits per heavy atom. The molecule has 0 aliphatic carbocycles. The number of ether oxygens (including phenoxy) is 1. The maximum atomic E-state index is 12.3. The number of aliphatic hydroxyl groups is 3. The van der Waals surface area contributed by atoms with Gasteiger partial charge in [-0.25, -0.2) is 4.39 Å². The van der Waals surface area contributed by atoms with E-state index in [1.807, 2.05) is 0 Å². The summed E-state index contributed by atoms with van der Waals surface area (Å²) >= 11 is 0. The minimum absolute atomic E-state index is 0.493. The number of rotatable bonds is 2. The third-order valence-electron chi connectivity index (χ3n) is 2.24. The third-order valence-corrected chi connectivity index (χ3v) is 2.24. The lowest BCUT2D eigenvalue weighted by atomic mass is 9.97. The summed E-state index contributed by atoms with van der Waals surface area (Å²) in [5, 5.41) is 30.4. The Bertz CT molecular complexity index is 239. The zero-order chi connectivity index (χ0) is 11.6. The number of halogens is 1. The summed E-state index contributed by atoms with van der Waals surface area (Å²) in [6, 6.07) is -1.15. The van der Waals surface area contributed by atoms with Gasteiger partial charge in [0.25, 0.3) is 0 Å². The zero-order valence-electron chi connectivity index (χ0n) is 8.13. The number of alkyl halides is 1. The Morgan fingerprint density at radius 1 is 1.40 bits per heavy atom. The second-order valence-corrected chi connectivity index (χ2v) is 3.43. The summed E-state index contributed by atoms with van der Waals surface area (Å²) in [5.41, 5.74) is 0. The fourth-order valence-corrected chi connectivity index (χ4v) is 1.46. The molecule has 0 aromatic carbocycles. The lowest BCUT2D eigenvalue weighted by Gasteiger charge is -2.39. The van der Waals surface area contributed by atoms with Crippen molar-refractivity contribution in [2.24, 2.45) is 0 Å². The minimum Gasteiger partial charge on any atom is -0.388 e. The molecule has 7 heteroatoms. The number of carbonyl (C=O) groups is 1. The molecular weight excluding hydrogens is 209 g/mol. The number of carbonyl (C=O) groups excluding carboxylic acids is 1. The van der Waals surface area contributed by atoms with Crippen LogP contribution >= 0.6 is 0 Å². The van der Waals surface area contributed by atoms with Crippen LogP contribution in [0.4, 0.5) is 4.39 Å². The Balaban J connectivity index is 2.70. The average Bonchev–Trinajstić information content (AvgIpc) is 2.18. The minimum atomic E-state index is -1.53. The number of hydrogen-bond donors (Lipinski definition) is 4. The Hall–Kier alpha value is -0.760. The zero-order valence-corrected chi connectivity index (χ0v) is 8.13. The van der Waals surface area contributed by atoms with Crippen molar-refractivity contribution in [3.8, 4) is 0 Å². The van der Waals surface area contributed by atoms with Crippen molar-refractivity contribution in [3.05, 3.63) is 0 Å². The SMILES string of the molecule is CC(=O)NC1C(O)C(O)C(CF)O[C@H]1O. The van der Waals surface area contributed by atoms with E-state index in [2.05, 4.69) is 10.1 Å². The molecule has 0 spiro atoms. The average molecular weight is 223 g/mol. The maximum Gasteiger partial charge on any atom is 0.217 e. The van der Waals surface area contributed by atoms with E-state index in [-0.39, 0.29) is 0 Å². The normalized spacial score (nSPS) is 41.3. The van der Waals surface area contributed by atoms with Gasteiger partial charge in [-0.1, -0.05) is 0 Å². The van der Waals surface area contributed by atoms with Crippen molar-refractivity contribution in [1.82, 2.24) is 5.32 Å². The molecule has 1 rings (SSSR count). The van der Waals surface area contributed by atoms with E-state index in [1.165, 1.54) is 6.92 Å². The predicted molar refractivity (Wildman–Crippen MR) is 46.5 cm³/mol. The summed E-state index contributed by atoms with van der Waals surface area (Å²) in [7, 11) is 0. The molecule has 1 aliphatic rings. The van der Waals surface area contributed by atoms with Gasteiger partial charge in [0.15, 0.2) is 6.29 Å². The predicted octanol–water partition coefficient (Wildman–Crippen LogP) is -2.10. The molecule has 1 fully saturated rings. The largest absolute Gasteiger partial charge is 0.388 e. The monoisotopic (exact) mass is 223 g/mol. The fraction of sp³-hybridized carbons (Fsp3) is 0.875. The number of nitrogens with one attached hydrogen (secondary N) is 1. The molecule has 4 N–H and O–H groups in total. The Morgan fingerprint density at radius 3 is 2.47 bits per heavy atom. The van der Waals surface area contributed by atoms with E-state index in [0.717, 1.165) is 0 Å². The van der Waals surface area contributed by atoms with E-state index >= 15 is 0 Å². The number of aliphatic hydroxyl groups excluding tert-OH is 3. The van der Waals surface area contributed by atoms with Gasteiger partial charge in [0, 0.05) is 6.92 Å². The van der Waals surface area contributed by atoms with Crippen LogP contribution in [0.3, 0.4) is 0 Å². The summed E-state index contributed by atoms with van der Waals surface area (Å²) in [6.07, 6.45) is -5.75. The molecule has 88 valence electrons. The smallest absolute Gasteiger partial charge is 0.217 e. The van der Waals surface area contributed by atoms with Gasteiger partial charge in [-0.2, -0.15) is 0 Å². The van der Waals surface area contributed by atoms with Crippen LogP contribution in [0.5, 0.6) is 0 Å². The molecule has 1 aliphatic heterocycles. The van der Waals surface area contributed by atoms with Crippen molar-refractivity contribution in [2.75, 3.05) is 6.67 Å². The standard InChI is InChI=1S/C8H14FNO5/c1-3(11)10-5-7(13)6(12)4(2-9)15-8(5)14/h4-8,12-14H,2H2,1H3,(H,10,11)/t4?,5?,6?,7?,8-/m1/s1. The summed E-state index contributed by atoms with van der Waals surface area (Å²) in [6.45, 7) is 0.162. The molecule has 15 heavy (non-hydrogen) atoms. The quantitative estimate of drug-likeness (QED) is 0.430. The lowest BCUT2D eigenvalue weighted by Crippen LogP contribution is -2.63. The van der Waals surface area contributed by atoms with Crippen LogP contribution in [0.15, 0.2) is 0 Å². The molecule has 0 radical (unpaired) electrons. The van der Waals surface area contributed by atoms with Gasteiger partial charge in [-0.15, -0.1) is 0 Å². The molecule has 0 bridgehead atoms. The van der Waals surface area contributed by atoms with E-state index in [9.17, 15) is 24.5 Å². The highest BCUT2D eigenvalue weighted by Gasteiger charge is 2.44. The number of hydrogen-bond acceptors (Lipinski definition) is 5. The topological polar surface area (TPSA) is 99.0 Å². The molecular formula is C8H14FNO5. The van der Waals surface area contributed by atoms with Crippen molar-refractivity contribution in [3.63, 3.8) is 0 Å².